The Bertz CT molecular complexity index is 692. The van der Waals surface area contributed by atoms with Gasteiger partial charge in [0.2, 0.25) is 0 Å². The fraction of sp³-hybridized carbons (Fsp3) is 0.500. The van der Waals surface area contributed by atoms with Gasteiger partial charge in [0.25, 0.3) is 0 Å². The lowest BCUT2D eigenvalue weighted by molar-refractivity contribution is -0.149. The Kier molecular flexibility index (Phi) is 5.99. The molecule has 6 heteroatoms. The molecular formula is C18H23ClN2O3. The van der Waals surface area contributed by atoms with Gasteiger partial charge < -0.3 is 9.15 Å². The van der Waals surface area contributed by atoms with E-state index in [0.29, 0.717) is 23.9 Å². The van der Waals surface area contributed by atoms with Gasteiger partial charge in [-0.1, -0.05) is 39.3 Å². The van der Waals surface area contributed by atoms with Crippen molar-refractivity contribution in [3.63, 3.8) is 0 Å². The van der Waals surface area contributed by atoms with E-state index in [4.69, 9.17) is 20.8 Å². The Labute approximate surface area is 147 Å². The zero-order chi connectivity index (χ0) is 17.7. The molecule has 130 valence electrons. The van der Waals surface area contributed by atoms with Crippen LogP contribution in [0.1, 0.15) is 63.9 Å². The highest BCUT2D eigenvalue weighted by Crippen LogP contribution is 2.25. The number of rotatable bonds is 6. The van der Waals surface area contributed by atoms with Crippen molar-refractivity contribution in [2.24, 2.45) is 0 Å². The largest absolute Gasteiger partial charge is 0.457 e. The van der Waals surface area contributed by atoms with E-state index < -0.39 is 0 Å². The number of hydrogen-bond acceptors (Lipinski definition) is 5. The maximum atomic E-state index is 12.1. The van der Waals surface area contributed by atoms with Gasteiger partial charge in [0, 0.05) is 18.0 Å². The molecular weight excluding hydrogens is 328 g/mol. The van der Waals surface area contributed by atoms with Gasteiger partial charge in [0.1, 0.15) is 17.0 Å². The second-order valence-electron chi connectivity index (χ2n) is 6.67. The molecule has 0 bridgehead atoms. The molecule has 0 aromatic carbocycles. The average molecular weight is 351 g/mol. The monoisotopic (exact) mass is 350 g/mol. The molecule has 0 aliphatic heterocycles. The van der Waals surface area contributed by atoms with Crippen LogP contribution in [0, 0.1) is 0 Å². The first-order valence-electron chi connectivity index (χ1n) is 8.05. The zero-order valence-electron chi connectivity index (χ0n) is 14.5. The quantitative estimate of drug-likeness (QED) is 0.560. The van der Waals surface area contributed by atoms with Gasteiger partial charge in [-0.3, -0.25) is 4.79 Å². The van der Waals surface area contributed by atoms with Crippen LogP contribution < -0.4 is 0 Å². The van der Waals surface area contributed by atoms with Crippen molar-refractivity contribution in [1.82, 2.24) is 9.97 Å². The molecule has 0 spiro atoms. The fourth-order valence-corrected chi connectivity index (χ4v) is 2.39. The van der Waals surface area contributed by atoms with Crippen LogP contribution in [0.5, 0.6) is 0 Å². The van der Waals surface area contributed by atoms with E-state index in [1.165, 1.54) is 0 Å². The van der Waals surface area contributed by atoms with Crippen molar-refractivity contribution >= 4 is 17.6 Å². The lowest BCUT2D eigenvalue weighted by atomic mass is 9.94. The Morgan fingerprint density at radius 3 is 2.71 bits per heavy atom. The predicted molar refractivity (Wildman–Crippen MR) is 91.9 cm³/mol. The second-order valence-corrected chi connectivity index (χ2v) is 7.05. The number of carbonyl (C=O) groups excluding carboxylic acids is 1. The third-order valence-corrected chi connectivity index (χ3v) is 3.81. The van der Waals surface area contributed by atoms with E-state index in [-0.39, 0.29) is 23.9 Å². The van der Waals surface area contributed by atoms with Crippen molar-refractivity contribution in [1.29, 1.82) is 0 Å². The van der Waals surface area contributed by atoms with Gasteiger partial charge in [-0.15, -0.1) is 0 Å². The van der Waals surface area contributed by atoms with Gasteiger partial charge in [-0.2, -0.15) is 0 Å². The summed E-state index contributed by atoms with van der Waals surface area (Å²) in [4.78, 5) is 20.3. The summed E-state index contributed by atoms with van der Waals surface area (Å²) < 4.78 is 11.2. The fourth-order valence-electron chi connectivity index (χ4n) is 2.20. The highest BCUT2D eigenvalue weighted by molar-refractivity contribution is 6.29. The number of oxazole rings is 1. The van der Waals surface area contributed by atoms with E-state index in [1.807, 2.05) is 6.92 Å². The molecule has 2 heterocycles. The molecule has 0 radical (unpaired) electrons. The summed E-state index contributed by atoms with van der Waals surface area (Å²) in [6.07, 6.45) is 4.30. The van der Waals surface area contributed by atoms with Gasteiger partial charge in [0.15, 0.2) is 5.89 Å². The Morgan fingerprint density at radius 1 is 1.38 bits per heavy atom. The first-order chi connectivity index (χ1) is 11.3. The molecule has 0 amide bonds. The Morgan fingerprint density at radius 2 is 2.12 bits per heavy atom. The van der Waals surface area contributed by atoms with Crippen molar-refractivity contribution in [2.75, 3.05) is 0 Å². The summed E-state index contributed by atoms with van der Waals surface area (Å²) in [5, 5.41) is 0.386. The zero-order valence-corrected chi connectivity index (χ0v) is 15.3. The first-order valence-corrected chi connectivity index (χ1v) is 8.43. The van der Waals surface area contributed by atoms with Gasteiger partial charge in [0.05, 0.1) is 12.6 Å². The molecule has 0 N–H and O–H groups in total. The summed E-state index contributed by atoms with van der Waals surface area (Å²) in [5.74, 6) is 1.07. The van der Waals surface area contributed by atoms with E-state index in [1.54, 1.807) is 24.5 Å². The number of pyridine rings is 1. The van der Waals surface area contributed by atoms with Gasteiger partial charge >= 0.3 is 5.97 Å². The van der Waals surface area contributed by atoms with Crippen LogP contribution in [0.4, 0.5) is 0 Å². The number of hydrogen-bond donors (Lipinski definition) is 0. The number of carbonyl (C=O) groups is 1. The summed E-state index contributed by atoms with van der Waals surface area (Å²) in [6.45, 7) is 8.11. The van der Waals surface area contributed by atoms with Crippen LogP contribution in [-0.4, -0.2) is 15.9 Å². The maximum Gasteiger partial charge on any atom is 0.306 e. The minimum absolute atomic E-state index is 0.0975. The third-order valence-electron chi connectivity index (χ3n) is 3.60. The molecule has 0 saturated heterocycles. The number of ether oxygens (including phenoxy) is 1. The molecule has 0 aliphatic rings. The smallest absolute Gasteiger partial charge is 0.306 e. The second kappa shape index (κ2) is 7.79. The maximum absolute atomic E-state index is 12.1. The molecule has 24 heavy (non-hydrogen) atoms. The number of aryl methyl sites for hydroxylation is 1. The molecule has 0 aliphatic carbocycles. The number of nitrogens with zero attached hydrogens (tertiary/aromatic N) is 2. The summed E-state index contributed by atoms with van der Waals surface area (Å²) in [6, 6.07) is 3.52. The molecule has 2 aromatic heterocycles. The number of aromatic nitrogens is 2. The third kappa shape index (κ3) is 5.06. The van der Waals surface area contributed by atoms with Crippen LogP contribution in [0.3, 0.4) is 0 Å². The van der Waals surface area contributed by atoms with Crippen LogP contribution in [0.15, 0.2) is 28.9 Å². The Hall–Kier alpha value is -1.88. The van der Waals surface area contributed by atoms with E-state index >= 15 is 0 Å². The topological polar surface area (TPSA) is 65.2 Å². The summed E-state index contributed by atoms with van der Waals surface area (Å²) in [7, 11) is 0. The van der Waals surface area contributed by atoms with Crippen LogP contribution in [-0.2, 0) is 21.4 Å². The summed E-state index contributed by atoms with van der Waals surface area (Å²) >= 11 is 5.89. The molecule has 5 nitrogen and oxygen atoms in total. The minimum Gasteiger partial charge on any atom is -0.457 e. The van der Waals surface area contributed by atoms with Gasteiger partial charge in [-0.05, 0) is 24.1 Å². The predicted octanol–water partition coefficient (Wildman–Crippen LogP) is 4.65. The average Bonchev–Trinajstić information content (AvgIpc) is 3.00. The van der Waals surface area contributed by atoms with Crippen LogP contribution >= 0.6 is 11.6 Å². The molecule has 0 saturated carbocycles. The molecule has 1 atom stereocenters. The number of halogens is 1. The highest BCUT2D eigenvalue weighted by Gasteiger charge is 2.20. The van der Waals surface area contributed by atoms with E-state index in [2.05, 4.69) is 30.7 Å². The minimum atomic E-state index is -0.326. The summed E-state index contributed by atoms with van der Waals surface area (Å²) in [5.41, 5.74) is 0.747. The molecule has 2 aromatic rings. The SMILES string of the molecule is CC[C@H](OC(=O)CCc1ncc(C(C)(C)C)o1)c1ccnc(Cl)c1. The van der Waals surface area contributed by atoms with Crippen molar-refractivity contribution in [2.45, 2.75) is 58.5 Å². The molecule has 0 unspecified atom stereocenters. The van der Waals surface area contributed by atoms with Crippen molar-refractivity contribution in [3.05, 3.63) is 46.9 Å². The normalized spacial score (nSPS) is 12.9. The molecule has 0 fully saturated rings. The van der Waals surface area contributed by atoms with Crippen LogP contribution in [0.25, 0.3) is 0 Å². The van der Waals surface area contributed by atoms with Crippen molar-refractivity contribution in [3.8, 4) is 0 Å². The standard InChI is InChI=1S/C18H23ClN2O3/c1-5-13(12-8-9-20-15(19)10-12)23-17(22)7-6-16-21-11-14(24-16)18(2,3)4/h8-11,13H,5-7H2,1-4H3/t13-/m0/s1. The highest BCUT2D eigenvalue weighted by atomic mass is 35.5. The van der Waals surface area contributed by atoms with Crippen molar-refractivity contribution < 1.29 is 13.9 Å². The Balaban J connectivity index is 1.91. The van der Waals surface area contributed by atoms with Crippen LogP contribution in [0.2, 0.25) is 5.15 Å². The molecule has 2 rings (SSSR count). The van der Waals surface area contributed by atoms with Gasteiger partial charge in [-0.25, -0.2) is 9.97 Å². The van der Waals surface area contributed by atoms with E-state index in [9.17, 15) is 4.79 Å². The lowest BCUT2D eigenvalue weighted by Crippen LogP contribution is -2.12. The lowest BCUT2D eigenvalue weighted by Gasteiger charge is -2.16. The van der Waals surface area contributed by atoms with E-state index in [0.717, 1.165) is 11.3 Å². The number of esters is 1. The first kappa shape index (κ1) is 18.5.